The molecule has 0 radical (unpaired) electrons. The second kappa shape index (κ2) is 6.83. The molecule has 3 nitrogen and oxygen atoms in total. The molecule has 2 aromatic rings. The van der Waals surface area contributed by atoms with Crippen molar-refractivity contribution in [3.8, 4) is 0 Å². The van der Waals surface area contributed by atoms with Gasteiger partial charge >= 0.3 is 0 Å². The Kier molecular flexibility index (Phi) is 5.10. The van der Waals surface area contributed by atoms with Gasteiger partial charge in [-0.25, -0.2) is 0 Å². The van der Waals surface area contributed by atoms with Gasteiger partial charge in [-0.3, -0.25) is 4.98 Å². The molecule has 2 rings (SSSR count). The molecule has 112 valence electrons. The van der Waals surface area contributed by atoms with E-state index in [4.69, 9.17) is 5.73 Å². The SMILES string of the molecule is CN(Cc1cccnc1)CC(C)(C)C(N)c1ccccc1. The fraction of sp³-hybridized carbons (Fsp3) is 0.389. The first-order chi connectivity index (χ1) is 9.99. The van der Waals surface area contributed by atoms with Crippen LogP contribution < -0.4 is 5.73 Å². The highest BCUT2D eigenvalue weighted by atomic mass is 15.1. The maximum absolute atomic E-state index is 6.48. The fourth-order valence-corrected chi connectivity index (χ4v) is 2.76. The molecule has 0 aliphatic rings. The number of aromatic nitrogens is 1. The molecule has 1 atom stereocenters. The summed E-state index contributed by atoms with van der Waals surface area (Å²) in [6, 6.07) is 14.4. The van der Waals surface area contributed by atoms with Gasteiger partial charge in [-0.2, -0.15) is 0 Å². The Morgan fingerprint density at radius 3 is 2.48 bits per heavy atom. The van der Waals surface area contributed by atoms with Crippen molar-refractivity contribution in [1.29, 1.82) is 0 Å². The predicted molar refractivity (Wildman–Crippen MR) is 87.7 cm³/mol. The van der Waals surface area contributed by atoms with Crippen molar-refractivity contribution in [2.24, 2.45) is 11.1 Å². The summed E-state index contributed by atoms with van der Waals surface area (Å²) < 4.78 is 0. The molecule has 0 amide bonds. The van der Waals surface area contributed by atoms with Crippen LogP contribution in [0.4, 0.5) is 0 Å². The second-order valence-corrected chi connectivity index (χ2v) is 6.41. The van der Waals surface area contributed by atoms with Gasteiger partial charge in [-0.15, -0.1) is 0 Å². The van der Waals surface area contributed by atoms with Crippen LogP contribution in [-0.4, -0.2) is 23.5 Å². The molecule has 3 heteroatoms. The van der Waals surface area contributed by atoms with Crippen LogP contribution in [0.2, 0.25) is 0 Å². The van der Waals surface area contributed by atoms with Gasteiger partial charge in [0.1, 0.15) is 0 Å². The predicted octanol–water partition coefficient (Wildman–Crippen LogP) is 3.24. The van der Waals surface area contributed by atoms with Crippen molar-refractivity contribution < 1.29 is 0 Å². The summed E-state index contributed by atoms with van der Waals surface area (Å²) in [5.74, 6) is 0. The van der Waals surface area contributed by atoms with E-state index in [1.165, 1.54) is 11.1 Å². The zero-order valence-electron chi connectivity index (χ0n) is 13.2. The van der Waals surface area contributed by atoms with E-state index in [0.29, 0.717) is 0 Å². The van der Waals surface area contributed by atoms with E-state index in [-0.39, 0.29) is 11.5 Å². The molecule has 0 saturated carbocycles. The summed E-state index contributed by atoms with van der Waals surface area (Å²) in [5.41, 5.74) is 8.89. The number of nitrogens with zero attached hydrogens (tertiary/aromatic N) is 2. The van der Waals surface area contributed by atoms with Gasteiger partial charge in [0.2, 0.25) is 0 Å². The van der Waals surface area contributed by atoms with E-state index in [9.17, 15) is 0 Å². The third-order valence-corrected chi connectivity index (χ3v) is 3.85. The normalized spacial score (nSPS) is 13.4. The van der Waals surface area contributed by atoms with Crippen molar-refractivity contribution in [3.63, 3.8) is 0 Å². The zero-order valence-corrected chi connectivity index (χ0v) is 13.2. The molecular weight excluding hydrogens is 258 g/mol. The third kappa shape index (κ3) is 4.38. The molecule has 1 aromatic heterocycles. The Bertz CT molecular complexity index is 537. The molecule has 0 saturated heterocycles. The van der Waals surface area contributed by atoms with E-state index in [2.05, 4.69) is 49.0 Å². The van der Waals surface area contributed by atoms with Gasteiger partial charge in [0.25, 0.3) is 0 Å². The minimum Gasteiger partial charge on any atom is -0.323 e. The molecule has 0 aliphatic heterocycles. The molecule has 0 bridgehead atoms. The van der Waals surface area contributed by atoms with Crippen molar-refractivity contribution >= 4 is 0 Å². The Balaban J connectivity index is 2.00. The van der Waals surface area contributed by atoms with E-state index < -0.39 is 0 Å². The fourth-order valence-electron chi connectivity index (χ4n) is 2.76. The van der Waals surface area contributed by atoms with Gasteiger partial charge in [0, 0.05) is 31.5 Å². The second-order valence-electron chi connectivity index (χ2n) is 6.41. The number of hydrogen-bond donors (Lipinski definition) is 1. The van der Waals surface area contributed by atoms with Crippen LogP contribution in [0.1, 0.15) is 31.0 Å². The molecule has 0 fully saturated rings. The standard InChI is InChI=1S/C18H25N3/c1-18(2,17(19)16-9-5-4-6-10-16)14-21(3)13-15-8-7-11-20-12-15/h4-12,17H,13-14,19H2,1-3H3. The summed E-state index contributed by atoms with van der Waals surface area (Å²) in [6.45, 7) is 6.27. The van der Waals surface area contributed by atoms with Gasteiger partial charge in [-0.1, -0.05) is 50.2 Å². The molecule has 1 unspecified atom stereocenters. The van der Waals surface area contributed by atoms with E-state index in [1.54, 1.807) is 6.20 Å². The van der Waals surface area contributed by atoms with Crippen LogP contribution in [0.5, 0.6) is 0 Å². The molecule has 0 spiro atoms. The first-order valence-corrected chi connectivity index (χ1v) is 7.37. The summed E-state index contributed by atoms with van der Waals surface area (Å²) in [7, 11) is 2.13. The highest BCUT2D eigenvalue weighted by Crippen LogP contribution is 2.32. The monoisotopic (exact) mass is 283 g/mol. The smallest absolute Gasteiger partial charge is 0.0359 e. The lowest BCUT2D eigenvalue weighted by molar-refractivity contribution is 0.172. The number of benzene rings is 1. The third-order valence-electron chi connectivity index (χ3n) is 3.85. The summed E-state index contributed by atoms with van der Waals surface area (Å²) in [6.07, 6.45) is 3.72. The Morgan fingerprint density at radius 2 is 1.86 bits per heavy atom. The maximum Gasteiger partial charge on any atom is 0.0359 e. The average Bonchev–Trinajstić information content (AvgIpc) is 2.47. The van der Waals surface area contributed by atoms with Crippen molar-refractivity contribution in [1.82, 2.24) is 9.88 Å². The van der Waals surface area contributed by atoms with E-state index in [1.807, 2.05) is 30.5 Å². The topological polar surface area (TPSA) is 42.2 Å². The average molecular weight is 283 g/mol. The number of nitrogens with two attached hydrogens (primary N) is 1. The molecule has 1 aromatic carbocycles. The summed E-state index contributed by atoms with van der Waals surface area (Å²) >= 11 is 0. The molecular formula is C18H25N3. The lowest BCUT2D eigenvalue weighted by Gasteiger charge is -2.35. The largest absolute Gasteiger partial charge is 0.323 e. The Labute approximate surface area is 127 Å². The van der Waals surface area contributed by atoms with Gasteiger partial charge in [0.15, 0.2) is 0 Å². The van der Waals surface area contributed by atoms with E-state index in [0.717, 1.165) is 13.1 Å². The van der Waals surface area contributed by atoms with Gasteiger partial charge in [-0.05, 0) is 29.7 Å². The maximum atomic E-state index is 6.48. The summed E-state index contributed by atoms with van der Waals surface area (Å²) in [4.78, 5) is 6.47. The highest BCUT2D eigenvalue weighted by molar-refractivity contribution is 5.20. The first-order valence-electron chi connectivity index (χ1n) is 7.37. The lowest BCUT2D eigenvalue weighted by Crippen LogP contribution is -2.39. The van der Waals surface area contributed by atoms with Crippen LogP contribution in [0.15, 0.2) is 54.9 Å². The minimum absolute atomic E-state index is 0.00167. The first kappa shape index (κ1) is 15.7. The number of rotatable bonds is 6. The Hall–Kier alpha value is -1.71. The quantitative estimate of drug-likeness (QED) is 0.885. The van der Waals surface area contributed by atoms with E-state index >= 15 is 0 Å². The molecule has 0 aliphatic carbocycles. The van der Waals surface area contributed by atoms with Crippen LogP contribution in [0.3, 0.4) is 0 Å². The van der Waals surface area contributed by atoms with Crippen LogP contribution in [0, 0.1) is 5.41 Å². The number of hydrogen-bond acceptors (Lipinski definition) is 3. The van der Waals surface area contributed by atoms with Crippen molar-refractivity contribution in [2.75, 3.05) is 13.6 Å². The van der Waals surface area contributed by atoms with Crippen LogP contribution in [0.25, 0.3) is 0 Å². The van der Waals surface area contributed by atoms with Crippen LogP contribution in [-0.2, 0) is 6.54 Å². The van der Waals surface area contributed by atoms with Crippen LogP contribution >= 0.6 is 0 Å². The van der Waals surface area contributed by atoms with Gasteiger partial charge in [0.05, 0.1) is 0 Å². The summed E-state index contributed by atoms with van der Waals surface area (Å²) in [5, 5.41) is 0. The minimum atomic E-state index is -0.00167. The zero-order chi connectivity index (χ0) is 15.3. The molecule has 2 N–H and O–H groups in total. The molecule has 1 heterocycles. The molecule has 21 heavy (non-hydrogen) atoms. The van der Waals surface area contributed by atoms with Crippen molar-refractivity contribution in [3.05, 3.63) is 66.0 Å². The highest BCUT2D eigenvalue weighted by Gasteiger charge is 2.29. The Morgan fingerprint density at radius 1 is 1.14 bits per heavy atom. The number of pyridine rings is 1. The van der Waals surface area contributed by atoms with Crippen molar-refractivity contribution in [2.45, 2.75) is 26.4 Å². The van der Waals surface area contributed by atoms with Gasteiger partial charge < -0.3 is 10.6 Å². The lowest BCUT2D eigenvalue weighted by atomic mass is 9.80.